The van der Waals surface area contributed by atoms with Crippen LogP contribution in [-0.2, 0) is 9.59 Å². The third-order valence-corrected chi connectivity index (χ3v) is 1.57. The van der Waals surface area contributed by atoms with Crippen LogP contribution in [0.1, 0.15) is 33.1 Å². The minimum atomic E-state index is -0.498. The second-order valence-electron chi connectivity index (χ2n) is 2.80. The number of primary amides is 1. The molecule has 4 nitrogen and oxygen atoms in total. The Balaban J connectivity index is 3.87. The van der Waals surface area contributed by atoms with Crippen LogP contribution in [0.5, 0.6) is 0 Å². The Hall–Kier alpha value is -1.06. The van der Waals surface area contributed by atoms with Gasteiger partial charge in [-0.05, 0) is 6.42 Å². The summed E-state index contributed by atoms with van der Waals surface area (Å²) in [4.78, 5) is 21.4. The third kappa shape index (κ3) is 4.71. The van der Waals surface area contributed by atoms with E-state index in [2.05, 4.69) is 5.32 Å². The van der Waals surface area contributed by atoms with Crippen molar-refractivity contribution in [1.29, 1.82) is 0 Å². The number of amides is 2. The van der Waals surface area contributed by atoms with Gasteiger partial charge < -0.3 is 11.1 Å². The molecule has 0 heterocycles. The zero-order valence-electron chi connectivity index (χ0n) is 7.59. The van der Waals surface area contributed by atoms with Crippen LogP contribution in [0.3, 0.4) is 0 Å². The Morgan fingerprint density at radius 2 is 2.08 bits per heavy atom. The molecule has 0 fully saturated rings. The lowest BCUT2D eigenvalue weighted by Gasteiger charge is -2.12. The molecule has 0 aromatic heterocycles. The average Bonchev–Trinajstić information content (AvgIpc) is 1.96. The van der Waals surface area contributed by atoms with E-state index in [0.29, 0.717) is 6.42 Å². The van der Waals surface area contributed by atoms with Crippen LogP contribution >= 0.6 is 0 Å². The molecule has 0 rings (SSSR count). The van der Waals surface area contributed by atoms with E-state index in [9.17, 15) is 9.59 Å². The molecular formula is C8H16N2O2. The lowest BCUT2D eigenvalue weighted by Crippen LogP contribution is -2.43. The minimum absolute atomic E-state index is 0.213. The molecule has 0 aliphatic rings. The van der Waals surface area contributed by atoms with E-state index in [4.69, 9.17) is 5.73 Å². The second kappa shape index (κ2) is 5.57. The summed E-state index contributed by atoms with van der Waals surface area (Å²) < 4.78 is 0. The number of nitrogens with one attached hydrogen (secondary N) is 1. The van der Waals surface area contributed by atoms with Crippen LogP contribution in [0.4, 0.5) is 0 Å². The predicted molar refractivity (Wildman–Crippen MR) is 46.3 cm³/mol. The molecule has 70 valence electrons. The number of hydrogen-bond donors (Lipinski definition) is 2. The van der Waals surface area contributed by atoms with Gasteiger partial charge in [-0.3, -0.25) is 9.59 Å². The highest BCUT2D eigenvalue weighted by molar-refractivity contribution is 5.85. The summed E-state index contributed by atoms with van der Waals surface area (Å²) in [5, 5.41) is 2.50. The van der Waals surface area contributed by atoms with Gasteiger partial charge in [0.05, 0.1) is 0 Å². The fourth-order valence-electron chi connectivity index (χ4n) is 0.939. The number of nitrogens with two attached hydrogens (primary N) is 1. The van der Waals surface area contributed by atoms with E-state index in [-0.39, 0.29) is 5.91 Å². The van der Waals surface area contributed by atoms with Crippen molar-refractivity contribution in [2.24, 2.45) is 5.73 Å². The molecule has 0 bridgehead atoms. The summed E-state index contributed by atoms with van der Waals surface area (Å²) in [5.74, 6) is -0.673. The molecule has 2 amide bonds. The molecule has 1 unspecified atom stereocenters. The van der Waals surface area contributed by atoms with Gasteiger partial charge in [0.15, 0.2) is 0 Å². The standard InChI is InChI=1S/C8H16N2O2/c1-3-4-5-7(8(9)12)10-6(2)11/h7H,3-5H2,1-2H3,(H2,9,12)(H,10,11). The van der Waals surface area contributed by atoms with E-state index < -0.39 is 11.9 Å². The first-order valence-electron chi connectivity index (χ1n) is 4.14. The van der Waals surface area contributed by atoms with Crippen molar-refractivity contribution < 1.29 is 9.59 Å². The summed E-state index contributed by atoms with van der Waals surface area (Å²) in [7, 11) is 0. The number of carbonyl (C=O) groups is 2. The largest absolute Gasteiger partial charge is 0.368 e. The summed E-state index contributed by atoms with van der Waals surface area (Å²) >= 11 is 0. The quantitative estimate of drug-likeness (QED) is 0.620. The van der Waals surface area contributed by atoms with Crippen molar-refractivity contribution >= 4 is 11.8 Å². The Kier molecular flexibility index (Phi) is 5.08. The molecule has 0 radical (unpaired) electrons. The molecule has 3 N–H and O–H groups in total. The Labute approximate surface area is 72.5 Å². The van der Waals surface area contributed by atoms with Gasteiger partial charge in [0.1, 0.15) is 6.04 Å². The van der Waals surface area contributed by atoms with Gasteiger partial charge in [-0.1, -0.05) is 19.8 Å². The summed E-state index contributed by atoms with van der Waals surface area (Å²) in [6, 6.07) is -0.498. The van der Waals surface area contributed by atoms with Crippen LogP contribution < -0.4 is 11.1 Å². The van der Waals surface area contributed by atoms with Crippen molar-refractivity contribution in [2.75, 3.05) is 0 Å². The summed E-state index contributed by atoms with van der Waals surface area (Å²) in [5.41, 5.74) is 5.07. The minimum Gasteiger partial charge on any atom is -0.368 e. The first-order valence-corrected chi connectivity index (χ1v) is 4.14. The molecule has 1 atom stereocenters. The van der Waals surface area contributed by atoms with E-state index in [1.54, 1.807) is 0 Å². The summed E-state index contributed by atoms with van der Waals surface area (Å²) in [6.07, 6.45) is 2.52. The van der Waals surface area contributed by atoms with Gasteiger partial charge in [0.2, 0.25) is 11.8 Å². The maximum atomic E-state index is 10.7. The molecule has 4 heteroatoms. The molecule has 0 saturated heterocycles. The van der Waals surface area contributed by atoms with Gasteiger partial charge in [0.25, 0.3) is 0 Å². The van der Waals surface area contributed by atoms with Crippen molar-refractivity contribution in [3.05, 3.63) is 0 Å². The molecule has 0 aliphatic carbocycles. The van der Waals surface area contributed by atoms with Crippen LogP contribution in [0.2, 0.25) is 0 Å². The van der Waals surface area contributed by atoms with Gasteiger partial charge >= 0.3 is 0 Å². The highest BCUT2D eigenvalue weighted by Crippen LogP contribution is 1.99. The van der Waals surface area contributed by atoms with Gasteiger partial charge in [-0.25, -0.2) is 0 Å². The van der Waals surface area contributed by atoms with Gasteiger partial charge in [-0.15, -0.1) is 0 Å². The Morgan fingerprint density at radius 3 is 2.42 bits per heavy atom. The van der Waals surface area contributed by atoms with E-state index >= 15 is 0 Å². The van der Waals surface area contributed by atoms with E-state index in [1.807, 2.05) is 6.92 Å². The molecular weight excluding hydrogens is 156 g/mol. The monoisotopic (exact) mass is 172 g/mol. The molecule has 0 saturated carbocycles. The number of hydrogen-bond acceptors (Lipinski definition) is 2. The Bertz CT molecular complexity index is 168. The molecule has 0 spiro atoms. The topological polar surface area (TPSA) is 72.2 Å². The fraction of sp³-hybridized carbons (Fsp3) is 0.750. The second-order valence-corrected chi connectivity index (χ2v) is 2.80. The Morgan fingerprint density at radius 1 is 1.50 bits per heavy atom. The zero-order chi connectivity index (χ0) is 9.56. The van der Waals surface area contributed by atoms with E-state index in [0.717, 1.165) is 12.8 Å². The highest BCUT2D eigenvalue weighted by Gasteiger charge is 2.14. The number of carbonyl (C=O) groups excluding carboxylic acids is 2. The van der Waals surface area contributed by atoms with Gasteiger partial charge in [0, 0.05) is 6.92 Å². The molecule has 0 aromatic rings. The number of rotatable bonds is 5. The lowest BCUT2D eigenvalue weighted by molar-refractivity contribution is -0.126. The van der Waals surface area contributed by atoms with Crippen molar-refractivity contribution in [3.8, 4) is 0 Å². The average molecular weight is 172 g/mol. The first-order chi connectivity index (χ1) is 5.57. The maximum absolute atomic E-state index is 10.7. The van der Waals surface area contributed by atoms with Crippen LogP contribution in [0.25, 0.3) is 0 Å². The van der Waals surface area contributed by atoms with Crippen molar-refractivity contribution in [3.63, 3.8) is 0 Å². The van der Waals surface area contributed by atoms with E-state index in [1.165, 1.54) is 6.92 Å². The van der Waals surface area contributed by atoms with Gasteiger partial charge in [-0.2, -0.15) is 0 Å². The first kappa shape index (κ1) is 10.9. The smallest absolute Gasteiger partial charge is 0.239 e. The molecule has 0 aromatic carbocycles. The summed E-state index contributed by atoms with van der Waals surface area (Å²) in [6.45, 7) is 3.40. The highest BCUT2D eigenvalue weighted by atomic mass is 16.2. The lowest BCUT2D eigenvalue weighted by atomic mass is 10.1. The van der Waals surface area contributed by atoms with Crippen LogP contribution in [-0.4, -0.2) is 17.9 Å². The van der Waals surface area contributed by atoms with Crippen LogP contribution in [0.15, 0.2) is 0 Å². The van der Waals surface area contributed by atoms with Crippen molar-refractivity contribution in [2.45, 2.75) is 39.2 Å². The molecule has 12 heavy (non-hydrogen) atoms. The third-order valence-electron chi connectivity index (χ3n) is 1.57. The predicted octanol–water partition coefficient (Wildman–Crippen LogP) is 0.167. The number of unbranched alkanes of at least 4 members (excludes halogenated alkanes) is 1. The SMILES string of the molecule is CCCCC(NC(C)=O)C(N)=O. The molecule has 0 aliphatic heterocycles. The zero-order valence-corrected chi connectivity index (χ0v) is 7.59. The van der Waals surface area contributed by atoms with Crippen molar-refractivity contribution in [1.82, 2.24) is 5.32 Å². The maximum Gasteiger partial charge on any atom is 0.239 e. The fourth-order valence-corrected chi connectivity index (χ4v) is 0.939. The normalized spacial score (nSPS) is 12.2. The van der Waals surface area contributed by atoms with Crippen LogP contribution in [0, 0.1) is 0 Å².